The van der Waals surface area contributed by atoms with Crippen molar-refractivity contribution in [1.29, 1.82) is 0 Å². The average molecular weight is 270 g/mol. The summed E-state index contributed by atoms with van der Waals surface area (Å²) in [6.45, 7) is 7.90. The van der Waals surface area contributed by atoms with Gasteiger partial charge < -0.3 is 4.74 Å². The van der Waals surface area contributed by atoms with E-state index >= 15 is 0 Å². The molecule has 0 atom stereocenters. The van der Waals surface area contributed by atoms with Crippen molar-refractivity contribution in [1.82, 2.24) is 14.9 Å². The molecule has 0 aliphatic carbocycles. The van der Waals surface area contributed by atoms with Gasteiger partial charge in [-0.05, 0) is 32.9 Å². The van der Waals surface area contributed by atoms with Crippen molar-refractivity contribution in [2.45, 2.75) is 33.1 Å². The molecule has 0 unspecified atom stereocenters. The average Bonchev–Trinajstić information content (AvgIpc) is 2.87. The minimum absolute atomic E-state index is 0.498. The van der Waals surface area contributed by atoms with E-state index in [0.717, 1.165) is 24.4 Å². The SMILES string of the molecule is CCc1nc(Cl)c(C)c(OCCN2CCCC2)n1. The largest absolute Gasteiger partial charge is 0.476 e. The molecule has 1 aliphatic heterocycles. The summed E-state index contributed by atoms with van der Waals surface area (Å²) in [5.41, 5.74) is 0.829. The molecular weight excluding hydrogens is 250 g/mol. The fourth-order valence-corrected chi connectivity index (χ4v) is 2.27. The Balaban J connectivity index is 1.93. The Labute approximate surface area is 113 Å². The summed E-state index contributed by atoms with van der Waals surface area (Å²) in [6, 6.07) is 0. The van der Waals surface area contributed by atoms with Gasteiger partial charge in [-0.15, -0.1) is 0 Å². The van der Waals surface area contributed by atoms with Crippen LogP contribution in [0.1, 0.15) is 31.2 Å². The summed E-state index contributed by atoms with van der Waals surface area (Å²) < 4.78 is 5.74. The lowest BCUT2D eigenvalue weighted by molar-refractivity contribution is 0.230. The minimum atomic E-state index is 0.498. The van der Waals surface area contributed by atoms with Crippen molar-refractivity contribution >= 4 is 11.6 Å². The number of nitrogens with zero attached hydrogens (tertiary/aromatic N) is 3. The van der Waals surface area contributed by atoms with Crippen molar-refractivity contribution in [2.75, 3.05) is 26.2 Å². The summed E-state index contributed by atoms with van der Waals surface area (Å²) in [6.07, 6.45) is 3.37. The van der Waals surface area contributed by atoms with Crippen LogP contribution in [0, 0.1) is 6.92 Å². The van der Waals surface area contributed by atoms with Crippen LogP contribution >= 0.6 is 11.6 Å². The van der Waals surface area contributed by atoms with E-state index in [2.05, 4.69) is 14.9 Å². The molecule has 0 aromatic carbocycles. The molecule has 0 saturated carbocycles. The number of ether oxygens (including phenoxy) is 1. The van der Waals surface area contributed by atoms with E-state index in [1.54, 1.807) is 0 Å². The highest BCUT2D eigenvalue weighted by Crippen LogP contribution is 2.22. The van der Waals surface area contributed by atoms with Crippen LogP contribution in [0.15, 0.2) is 0 Å². The van der Waals surface area contributed by atoms with E-state index < -0.39 is 0 Å². The number of hydrogen-bond acceptors (Lipinski definition) is 4. The maximum Gasteiger partial charge on any atom is 0.221 e. The predicted octanol–water partition coefficient (Wildman–Crippen LogP) is 2.48. The van der Waals surface area contributed by atoms with E-state index in [4.69, 9.17) is 16.3 Å². The van der Waals surface area contributed by atoms with Gasteiger partial charge in [0.1, 0.15) is 17.6 Å². The Morgan fingerprint density at radius 3 is 2.67 bits per heavy atom. The zero-order chi connectivity index (χ0) is 13.0. The third-order valence-electron chi connectivity index (χ3n) is 3.25. The quantitative estimate of drug-likeness (QED) is 0.770. The second-order valence-corrected chi connectivity index (χ2v) is 4.97. The molecule has 1 saturated heterocycles. The molecule has 0 spiro atoms. The summed E-state index contributed by atoms with van der Waals surface area (Å²) in [4.78, 5) is 11.0. The zero-order valence-electron chi connectivity index (χ0n) is 11.1. The molecule has 1 aromatic rings. The summed E-state index contributed by atoms with van der Waals surface area (Å²) in [5.74, 6) is 1.37. The lowest BCUT2D eigenvalue weighted by Crippen LogP contribution is -2.25. The zero-order valence-corrected chi connectivity index (χ0v) is 11.8. The normalized spacial score (nSPS) is 16.2. The maximum absolute atomic E-state index is 6.06. The fourth-order valence-electron chi connectivity index (χ4n) is 2.09. The van der Waals surface area contributed by atoms with Crippen LogP contribution in [0.25, 0.3) is 0 Å². The number of likely N-dealkylation sites (tertiary alicyclic amines) is 1. The first kappa shape index (κ1) is 13.6. The summed E-state index contributed by atoms with van der Waals surface area (Å²) in [5, 5.41) is 0.498. The first-order valence-electron chi connectivity index (χ1n) is 6.59. The van der Waals surface area contributed by atoms with Crippen LogP contribution in [-0.2, 0) is 6.42 Å². The van der Waals surface area contributed by atoms with Crippen molar-refractivity contribution in [3.8, 4) is 5.88 Å². The van der Waals surface area contributed by atoms with Gasteiger partial charge in [-0.2, -0.15) is 4.98 Å². The van der Waals surface area contributed by atoms with Gasteiger partial charge in [0.25, 0.3) is 0 Å². The van der Waals surface area contributed by atoms with Gasteiger partial charge in [0.05, 0.1) is 0 Å². The minimum Gasteiger partial charge on any atom is -0.476 e. The highest BCUT2D eigenvalue weighted by atomic mass is 35.5. The molecular formula is C13H20ClN3O. The van der Waals surface area contributed by atoms with E-state index in [-0.39, 0.29) is 0 Å². The molecule has 0 radical (unpaired) electrons. The Bertz CT molecular complexity index is 405. The van der Waals surface area contributed by atoms with Crippen LogP contribution in [0.2, 0.25) is 5.15 Å². The van der Waals surface area contributed by atoms with Crippen molar-refractivity contribution < 1.29 is 4.74 Å². The molecule has 0 amide bonds. The van der Waals surface area contributed by atoms with Gasteiger partial charge in [0.15, 0.2) is 0 Å². The van der Waals surface area contributed by atoms with Crippen molar-refractivity contribution in [3.05, 3.63) is 16.5 Å². The topological polar surface area (TPSA) is 38.2 Å². The second kappa shape index (κ2) is 6.34. The Kier molecular flexibility index (Phi) is 4.78. The molecule has 0 bridgehead atoms. The van der Waals surface area contributed by atoms with E-state index in [0.29, 0.717) is 17.6 Å². The number of aryl methyl sites for hydroxylation is 1. The molecule has 100 valence electrons. The molecule has 0 N–H and O–H groups in total. The maximum atomic E-state index is 6.06. The molecule has 4 nitrogen and oxygen atoms in total. The molecule has 1 aliphatic rings. The van der Waals surface area contributed by atoms with Crippen LogP contribution in [0.5, 0.6) is 5.88 Å². The van der Waals surface area contributed by atoms with Crippen molar-refractivity contribution in [2.24, 2.45) is 0 Å². The highest BCUT2D eigenvalue weighted by molar-refractivity contribution is 6.30. The van der Waals surface area contributed by atoms with Gasteiger partial charge in [-0.25, -0.2) is 4.98 Å². The van der Waals surface area contributed by atoms with E-state index in [1.807, 2.05) is 13.8 Å². The molecule has 2 heterocycles. The standard InChI is InChI=1S/C13H20ClN3O/c1-3-11-15-12(14)10(2)13(16-11)18-9-8-17-6-4-5-7-17/h3-9H2,1-2H3. The van der Waals surface area contributed by atoms with Gasteiger partial charge in [0, 0.05) is 18.5 Å². The van der Waals surface area contributed by atoms with Crippen LogP contribution in [-0.4, -0.2) is 41.1 Å². The van der Waals surface area contributed by atoms with Gasteiger partial charge in [-0.3, -0.25) is 4.90 Å². The molecule has 2 rings (SSSR count). The molecule has 1 fully saturated rings. The Morgan fingerprint density at radius 2 is 2.00 bits per heavy atom. The molecule has 18 heavy (non-hydrogen) atoms. The second-order valence-electron chi connectivity index (χ2n) is 4.61. The number of halogens is 1. The first-order chi connectivity index (χ1) is 8.70. The summed E-state index contributed by atoms with van der Waals surface area (Å²) in [7, 11) is 0. The first-order valence-corrected chi connectivity index (χ1v) is 6.96. The summed E-state index contributed by atoms with van der Waals surface area (Å²) >= 11 is 6.06. The third-order valence-corrected chi connectivity index (χ3v) is 3.62. The van der Waals surface area contributed by atoms with E-state index in [1.165, 1.54) is 25.9 Å². The molecule has 5 heteroatoms. The Hall–Kier alpha value is -0.870. The number of hydrogen-bond donors (Lipinski definition) is 0. The van der Waals surface area contributed by atoms with Crippen molar-refractivity contribution in [3.63, 3.8) is 0 Å². The van der Waals surface area contributed by atoms with E-state index in [9.17, 15) is 0 Å². The Morgan fingerprint density at radius 1 is 1.28 bits per heavy atom. The lowest BCUT2D eigenvalue weighted by Gasteiger charge is -2.15. The smallest absolute Gasteiger partial charge is 0.221 e. The predicted molar refractivity (Wildman–Crippen MR) is 72.3 cm³/mol. The van der Waals surface area contributed by atoms with Gasteiger partial charge in [0.2, 0.25) is 5.88 Å². The van der Waals surface area contributed by atoms with Crippen LogP contribution in [0.4, 0.5) is 0 Å². The number of aromatic nitrogens is 2. The van der Waals surface area contributed by atoms with Gasteiger partial charge in [-0.1, -0.05) is 18.5 Å². The van der Waals surface area contributed by atoms with Crippen LogP contribution in [0.3, 0.4) is 0 Å². The molecule has 1 aromatic heterocycles. The highest BCUT2D eigenvalue weighted by Gasteiger charge is 2.13. The fraction of sp³-hybridized carbons (Fsp3) is 0.692. The lowest BCUT2D eigenvalue weighted by atomic mass is 10.3. The monoisotopic (exact) mass is 269 g/mol. The third kappa shape index (κ3) is 3.33. The number of rotatable bonds is 5. The van der Waals surface area contributed by atoms with Crippen LogP contribution < -0.4 is 4.74 Å². The van der Waals surface area contributed by atoms with Gasteiger partial charge >= 0.3 is 0 Å².